The van der Waals surface area contributed by atoms with Crippen molar-refractivity contribution in [3.05, 3.63) is 12.2 Å². The zero-order chi connectivity index (χ0) is 40.7. The van der Waals surface area contributed by atoms with Crippen molar-refractivity contribution in [2.45, 2.75) is 256 Å². The van der Waals surface area contributed by atoms with Crippen LogP contribution in [0.2, 0.25) is 0 Å². The van der Waals surface area contributed by atoms with E-state index < -0.39 is 43.4 Å². The lowest BCUT2D eigenvalue weighted by atomic mass is 9.99. The van der Waals surface area contributed by atoms with Crippen LogP contribution in [0.15, 0.2) is 12.2 Å². The fraction of sp³-hybridized carbons (Fsp3) is 0.936. The first-order chi connectivity index (χ1) is 27.4. The average molecular weight is 799 g/mol. The highest BCUT2D eigenvalue weighted by Crippen LogP contribution is 2.23. The Balaban J connectivity index is 2.24. The molecule has 0 bridgehead atoms. The minimum Gasteiger partial charge on any atom is -0.457 e. The molecule has 1 aliphatic rings. The van der Waals surface area contributed by atoms with Crippen LogP contribution in [0.5, 0.6) is 0 Å². The molecular weight excluding hydrogens is 709 g/mol. The van der Waals surface area contributed by atoms with Crippen LogP contribution in [-0.4, -0.2) is 89.6 Å². The summed E-state index contributed by atoms with van der Waals surface area (Å²) in [7, 11) is 0. The highest BCUT2D eigenvalue weighted by molar-refractivity contribution is 5.69. The highest BCUT2D eigenvalue weighted by Gasteiger charge is 2.44. The van der Waals surface area contributed by atoms with E-state index >= 15 is 0 Å². The van der Waals surface area contributed by atoms with E-state index in [4.69, 9.17) is 18.9 Å². The van der Waals surface area contributed by atoms with Gasteiger partial charge in [0.25, 0.3) is 0 Å². The van der Waals surface area contributed by atoms with Gasteiger partial charge in [-0.25, -0.2) is 0 Å². The second kappa shape index (κ2) is 39.4. The monoisotopic (exact) mass is 799 g/mol. The van der Waals surface area contributed by atoms with Gasteiger partial charge in [-0.15, -0.1) is 0 Å². The molecule has 0 aromatic rings. The smallest absolute Gasteiger partial charge is 0.306 e. The summed E-state index contributed by atoms with van der Waals surface area (Å²) in [4.78, 5) is 12.8. The van der Waals surface area contributed by atoms with Gasteiger partial charge in [-0.2, -0.15) is 0 Å². The van der Waals surface area contributed by atoms with Gasteiger partial charge in [-0.1, -0.05) is 187 Å². The van der Waals surface area contributed by atoms with E-state index in [0.717, 1.165) is 44.9 Å². The van der Waals surface area contributed by atoms with Crippen LogP contribution in [0.25, 0.3) is 0 Å². The van der Waals surface area contributed by atoms with Gasteiger partial charge in [0.05, 0.1) is 19.8 Å². The van der Waals surface area contributed by atoms with E-state index in [9.17, 15) is 25.2 Å². The van der Waals surface area contributed by atoms with E-state index in [1.165, 1.54) is 154 Å². The molecule has 1 saturated heterocycles. The molecule has 6 unspecified atom stereocenters. The molecule has 0 saturated carbocycles. The molecule has 0 spiro atoms. The standard InChI is InChI=1S/C47H90O9/c1-3-5-7-9-11-13-15-17-19-21-23-25-27-29-31-33-35-37-53-39-41(40-54-47-46(52)45(51)44(50)42(38-48)56-47)55-43(49)36-34-32-30-28-26-24-22-20-18-16-14-12-10-8-6-4-2/h20,22,41-42,44-48,50-52H,3-19,21,23-40H2,1-2H3/b22-20-. The molecule has 0 radical (unpaired) electrons. The quantitative estimate of drug-likeness (QED) is 0.0271. The molecule has 6 atom stereocenters. The Morgan fingerprint density at radius 2 is 0.982 bits per heavy atom. The van der Waals surface area contributed by atoms with Crippen molar-refractivity contribution in [1.82, 2.24) is 0 Å². The van der Waals surface area contributed by atoms with Crippen molar-refractivity contribution in [3.8, 4) is 0 Å². The second-order valence-electron chi connectivity index (χ2n) is 16.6. The van der Waals surface area contributed by atoms with Crippen molar-refractivity contribution in [2.75, 3.05) is 26.4 Å². The normalized spacial score (nSPS) is 20.6. The third-order valence-corrected chi connectivity index (χ3v) is 11.2. The number of hydrogen-bond acceptors (Lipinski definition) is 9. The lowest BCUT2D eigenvalue weighted by Gasteiger charge is -2.39. The van der Waals surface area contributed by atoms with Crippen molar-refractivity contribution >= 4 is 5.97 Å². The van der Waals surface area contributed by atoms with E-state index in [1.807, 2.05) is 0 Å². The largest absolute Gasteiger partial charge is 0.457 e. The number of carbonyl (C=O) groups excluding carboxylic acids is 1. The Hall–Kier alpha value is -1.07. The lowest BCUT2D eigenvalue weighted by molar-refractivity contribution is -0.305. The van der Waals surface area contributed by atoms with Crippen molar-refractivity contribution < 1.29 is 44.2 Å². The predicted molar refractivity (Wildman–Crippen MR) is 229 cm³/mol. The molecule has 9 heteroatoms. The molecule has 332 valence electrons. The molecule has 56 heavy (non-hydrogen) atoms. The zero-order valence-electron chi connectivity index (χ0n) is 36.4. The summed E-state index contributed by atoms with van der Waals surface area (Å²) in [5.41, 5.74) is 0. The molecular formula is C47H90O9. The summed E-state index contributed by atoms with van der Waals surface area (Å²) in [5.74, 6) is -0.317. The van der Waals surface area contributed by atoms with Crippen LogP contribution in [0.4, 0.5) is 0 Å². The lowest BCUT2D eigenvalue weighted by Crippen LogP contribution is -2.59. The Bertz CT molecular complexity index is 869. The number of esters is 1. The number of hydrogen-bond donors (Lipinski definition) is 4. The summed E-state index contributed by atoms with van der Waals surface area (Å²) < 4.78 is 22.8. The maximum atomic E-state index is 12.8. The maximum absolute atomic E-state index is 12.8. The highest BCUT2D eigenvalue weighted by atomic mass is 16.7. The minimum atomic E-state index is -1.53. The summed E-state index contributed by atoms with van der Waals surface area (Å²) in [6.45, 7) is 4.59. The predicted octanol–water partition coefficient (Wildman–Crippen LogP) is 10.8. The molecule has 9 nitrogen and oxygen atoms in total. The fourth-order valence-corrected chi connectivity index (χ4v) is 7.43. The van der Waals surface area contributed by atoms with Gasteiger partial charge in [-0.05, 0) is 38.5 Å². The molecule has 0 aromatic carbocycles. The Kier molecular flexibility index (Phi) is 37.2. The van der Waals surface area contributed by atoms with Crippen LogP contribution < -0.4 is 0 Å². The van der Waals surface area contributed by atoms with Gasteiger partial charge in [0.15, 0.2) is 6.29 Å². The molecule has 1 rings (SSSR count). The number of unbranched alkanes of at least 4 members (excludes halogenated alkanes) is 28. The first-order valence-electron chi connectivity index (χ1n) is 23.8. The molecule has 0 aliphatic carbocycles. The summed E-state index contributed by atoms with van der Waals surface area (Å²) in [6, 6.07) is 0. The third-order valence-electron chi connectivity index (χ3n) is 11.2. The molecule has 0 aromatic heterocycles. The summed E-state index contributed by atoms with van der Waals surface area (Å²) in [5, 5.41) is 40.1. The first-order valence-corrected chi connectivity index (χ1v) is 23.8. The van der Waals surface area contributed by atoms with E-state index in [-0.39, 0.29) is 19.2 Å². The number of rotatable bonds is 41. The topological polar surface area (TPSA) is 135 Å². The minimum absolute atomic E-state index is 0.111. The van der Waals surface area contributed by atoms with Crippen LogP contribution in [0, 0.1) is 0 Å². The number of aliphatic hydroxyl groups is 4. The van der Waals surface area contributed by atoms with Gasteiger partial charge >= 0.3 is 5.97 Å². The fourth-order valence-electron chi connectivity index (χ4n) is 7.43. The zero-order valence-corrected chi connectivity index (χ0v) is 36.4. The number of aliphatic hydroxyl groups excluding tert-OH is 4. The Morgan fingerprint density at radius 1 is 0.554 bits per heavy atom. The second-order valence-corrected chi connectivity index (χ2v) is 16.6. The summed E-state index contributed by atoms with van der Waals surface area (Å²) >= 11 is 0. The molecule has 1 aliphatic heterocycles. The van der Waals surface area contributed by atoms with E-state index in [1.54, 1.807) is 0 Å². The van der Waals surface area contributed by atoms with Crippen LogP contribution in [0.1, 0.15) is 219 Å². The first kappa shape index (κ1) is 52.9. The average Bonchev–Trinajstić information content (AvgIpc) is 3.20. The van der Waals surface area contributed by atoms with Crippen LogP contribution in [-0.2, 0) is 23.7 Å². The van der Waals surface area contributed by atoms with Crippen LogP contribution >= 0.6 is 0 Å². The van der Waals surface area contributed by atoms with Gasteiger partial charge in [0.2, 0.25) is 0 Å². The third kappa shape index (κ3) is 30.0. The SMILES string of the molecule is CCCCCCCCC/C=C\CCCCCCCC(=O)OC(COCCCCCCCCCCCCCCCCCCC)COC1OC(CO)C(O)C(O)C1O. The molecule has 0 amide bonds. The van der Waals surface area contributed by atoms with Gasteiger partial charge in [-0.3, -0.25) is 4.79 Å². The maximum Gasteiger partial charge on any atom is 0.306 e. The Labute approximate surface area is 344 Å². The van der Waals surface area contributed by atoms with E-state index in [2.05, 4.69) is 26.0 Å². The van der Waals surface area contributed by atoms with Crippen molar-refractivity contribution in [1.29, 1.82) is 0 Å². The summed E-state index contributed by atoms with van der Waals surface area (Å²) in [6.07, 6.45) is 36.6. The number of allylic oxidation sites excluding steroid dienone is 2. The Morgan fingerprint density at radius 3 is 1.45 bits per heavy atom. The molecule has 4 N–H and O–H groups in total. The van der Waals surface area contributed by atoms with E-state index in [0.29, 0.717) is 13.0 Å². The van der Waals surface area contributed by atoms with Crippen LogP contribution in [0.3, 0.4) is 0 Å². The number of ether oxygens (including phenoxy) is 4. The van der Waals surface area contributed by atoms with Gasteiger partial charge in [0, 0.05) is 13.0 Å². The van der Waals surface area contributed by atoms with Crippen molar-refractivity contribution in [3.63, 3.8) is 0 Å². The molecule has 1 heterocycles. The molecule has 1 fully saturated rings. The van der Waals surface area contributed by atoms with Gasteiger partial charge < -0.3 is 39.4 Å². The van der Waals surface area contributed by atoms with Crippen molar-refractivity contribution in [2.24, 2.45) is 0 Å². The number of carbonyl (C=O) groups is 1. The van der Waals surface area contributed by atoms with Gasteiger partial charge in [0.1, 0.15) is 30.5 Å².